The summed E-state index contributed by atoms with van der Waals surface area (Å²) >= 11 is 0. The van der Waals surface area contributed by atoms with E-state index in [1.165, 1.54) is 18.2 Å². The van der Waals surface area contributed by atoms with Crippen LogP contribution in [0.15, 0.2) is 47.0 Å². The maximum Gasteiger partial charge on any atom is 0.231 e. The van der Waals surface area contributed by atoms with Gasteiger partial charge in [-0.05, 0) is 56.1 Å². The fourth-order valence-electron chi connectivity index (χ4n) is 3.69. The highest BCUT2D eigenvalue weighted by atomic mass is 19.2. The van der Waals surface area contributed by atoms with Crippen molar-refractivity contribution in [3.63, 3.8) is 0 Å². The monoisotopic (exact) mass is 387 g/mol. The van der Waals surface area contributed by atoms with Gasteiger partial charge in [-0.3, -0.25) is 4.90 Å². The van der Waals surface area contributed by atoms with Crippen molar-refractivity contribution in [2.24, 2.45) is 0 Å². The summed E-state index contributed by atoms with van der Waals surface area (Å²) in [6.07, 6.45) is 1.82. The normalized spacial score (nSPS) is 18.9. The van der Waals surface area contributed by atoms with Crippen LogP contribution in [0, 0.1) is 17.5 Å². The molecule has 2 heterocycles. The molecular weight excluding hydrogens is 367 g/mol. The van der Waals surface area contributed by atoms with Gasteiger partial charge in [-0.25, -0.2) is 13.2 Å². The summed E-state index contributed by atoms with van der Waals surface area (Å²) in [4.78, 5) is 6.66. The third-order valence-electron chi connectivity index (χ3n) is 5.30. The van der Waals surface area contributed by atoms with E-state index in [0.29, 0.717) is 23.8 Å². The van der Waals surface area contributed by atoms with Gasteiger partial charge in [0.25, 0.3) is 0 Å². The molecule has 146 valence electrons. The first-order chi connectivity index (χ1) is 13.5. The van der Waals surface area contributed by atoms with Crippen LogP contribution in [0.5, 0.6) is 0 Å². The van der Waals surface area contributed by atoms with Crippen LogP contribution in [0.4, 0.5) is 13.2 Å². The quantitative estimate of drug-likeness (QED) is 0.625. The lowest BCUT2D eigenvalue weighted by Crippen LogP contribution is -2.36. The third-order valence-corrected chi connectivity index (χ3v) is 5.30. The van der Waals surface area contributed by atoms with Crippen molar-refractivity contribution in [2.75, 3.05) is 13.1 Å². The Morgan fingerprint density at radius 3 is 2.75 bits per heavy atom. The highest BCUT2D eigenvalue weighted by Gasteiger charge is 2.29. The highest BCUT2D eigenvalue weighted by Crippen LogP contribution is 2.32. The topological polar surface area (TPSA) is 42.2 Å². The second kappa shape index (κ2) is 7.75. The van der Waals surface area contributed by atoms with Crippen molar-refractivity contribution in [3.8, 4) is 11.4 Å². The van der Waals surface area contributed by atoms with Gasteiger partial charge in [-0.1, -0.05) is 23.4 Å². The molecule has 28 heavy (non-hydrogen) atoms. The largest absolute Gasteiger partial charge is 0.339 e. The van der Waals surface area contributed by atoms with Crippen LogP contribution in [0.3, 0.4) is 0 Å². The van der Waals surface area contributed by atoms with Crippen LogP contribution in [0.25, 0.3) is 11.4 Å². The van der Waals surface area contributed by atoms with E-state index < -0.39 is 11.6 Å². The van der Waals surface area contributed by atoms with E-state index in [2.05, 4.69) is 15.0 Å². The molecule has 1 aliphatic heterocycles. The Balaban J connectivity index is 1.50. The molecule has 1 saturated heterocycles. The maximum absolute atomic E-state index is 13.6. The Morgan fingerprint density at radius 2 is 1.96 bits per heavy atom. The van der Waals surface area contributed by atoms with E-state index >= 15 is 0 Å². The van der Waals surface area contributed by atoms with Gasteiger partial charge in [0.1, 0.15) is 5.82 Å². The molecule has 7 heteroatoms. The van der Waals surface area contributed by atoms with Crippen molar-refractivity contribution in [2.45, 2.75) is 31.7 Å². The molecule has 0 N–H and O–H groups in total. The van der Waals surface area contributed by atoms with E-state index in [1.54, 1.807) is 18.2 Å². The summed E-state index contributed by atoms with van der Waals surface area (Å²) in [5.74, 6) is -1.12. The van der Waals surface area contributed by atoms with Gasteiger partial charge in [0.05, 0.1) is 5.92 Å². The van der Waals surface area contributed by atoms with E-state index in [4.69, 9.17) is 4.52 Å². The third kappa shape index (κ3) is 3.80. The summed E-state index contributed by atoms with van der Waals surface area (Å²) in [5.41, 5.74) is 1.29. The van der Waals surface area contributed by atoms with Crippen LogP contribution < -0.4 is 0 Å². The molecule has 0 aliphatic carbocycles. The molecule has 2 unspecified atom stereocenters. The zero-order valence-electron chi connectivity index (χ0n) is 15.4. The Morgan fingerprint density at radius 1 is 1.11 bits per heavy atom. The lowest BCUT2D eigenvalue weighted by atomic mass is 9.95. The van der Waals surface area contributed by atoms with Gasteiger partial charge in [-0.15, -0.1) is 0 Å². The minimum Gasteiger partial charge on any atom is -0.339 e. The molecule has 1 fully saturated rings. The van der Waals surface area contributed by atoms with E-state index in [1.807, 2.05) is 6.92 Å². The number of benzene rings is 2. The zero-order chi connectivity index (χ0) is 19.7. The van der Waals surface area contributed by atoms with Gasteiger partial charge in [0.2, 0.25) is 11.7 Å². The number of nitrogens with zero attached hydrogens (tertiary/aromatic N) is 3. The van der Waals surface area contributed by atoms with Crippen LogP contribution in [-0.4, -0.2) is 28.1 Å². The molecule has 2 aromatic carbocycles. The summed E-state index contributed by atoms with van der Waals surface area (Å²) in [6, 6.07) is 10.0. The molecular formula is C21H20F3N3O. The minimum atomic E-state index is -0.844. The lowest BCUT2D eigenvalue weighted by Gasteiger charge is -2.35. The van der Waals surface area contributed by atoms with E-state index in [0.717, 1.165) is 31.0 Å². The molecule has 4 rings (SSSR count). The molecule has 0 bridgehead atoms. The summed E-state index contributed by atoms with van der Waals surface area (Å²) in [6.45, 7) is 3.49. The Hall–Kier alpha value is -2.67. The zero-order valence-corrected chi connectivity index (χ0v) is 15.4. The lowest BCUT2D eigenvalue weighted by molar-refractivity contribution is 0.144. The number of hydrogen-bond acceptors (Lipinski definition) is 4. The number of aromatic nitrogens is 2. The Kier molecular flexibility index (Phi) is 5.17. The molecule has 3 aromatic rings. The molecule has 4 nitrogen and oxygen atoms in total. The predicted octanol–water partition coefficient (Wildman–Crippen LogP) is 5.09. The van der Waals surface area contributed by atoms with Crippen molar-refractivity contribution < 1.29 is 17.7 Å². The predicted molar refractivity (Wildman–Crippen MR) is 98.0 cm³/mol. The van der Waals surface area contributed by atoms with Crippen molar-refractivity contribution in [3.05, 3.63) is 71.4 Å². The number of likely N-dealkylation sites (tertiary alicyclic amines) is 1. The molecule has 0 spiro atoms. The number of rotatable bonds is 4. The smallest absolute Gasteiger partial charge is 0.231 e. The molecule has 0 radical (unpaired) electrons. The average Bonchev–Trinajstić information content (AvgIpc) is 3.20. The highest BCUT2D eigenvalue weighted by molar-refractivity contribution is 5.53. The van der Waals surface area contributed by atoms with Gasteiger partial charge in [0, 0.05) is 18.2 Å². The molecule has 0 saturated carbocycles. The van der Waals surface area contributed by atoms with Gasteiger partial charge in [0.15, 0.2) is 11.6 Å². The average molecular weight is 387 g/mol. The van der Waals surface area contributed by atoms with Crippen molar-refractivity contribution in [1.29, 1.82) is 0 Å². The molecule has 1 aliphatic rings. The second-order valence-corrected chi connectivity index (χ2v) is 7.15. The standard InChI is InChI=1S/C21H20F3N3O/c1-13(14-7-8-18(23)19(24)11-14)27-9-3-5-16(12-27)21-25-20(26-28-21)15-4-2-6-17(22)10-15/h2,4,6-8,10-11,13,16H,3,5,9,12H2,1H3. The first-order valence-corrected chi connectivity index (χ1v) is 9.30. The van der Waals surface area contributed by atoms with Crippen LogP contribution in [-0.2, 0) is 0 Å². The summed E-state index contributed by atoms with van der Waals surface area (Å²) in [7, 11) is 0. The van der Waals surface area contributed by atoms with Crippen molar-refractivity contribution >= 4 is 0 Å². The Bertz CT molecular complexity index is 975. The minimum absolute atomic E-state index is 0.0382. The van der Waals surface area contributed by atoms with Crippen LogP contribution >= 0.6 is 0 Å². The maximum atomic E-state index is 13.6. The van der Waals surface area contributed by atoms with Gasteiger partial charge in [-0.2, -0.15) is 4.98 Å². The van der Waals surface area contributed by atoms with Gasteiger partial charge >= 0.3 is 0 Å². The fourth-order valence-corrected chi connectivity index (χ4v) is 3.69. The molecule has 0 amide bonds. The number of halogens is 3. The fraction of sp³-hybridized carbons (Fsp3) is 0.333. The first kappa shape index (κ1) is 18.7. The van der Waals surface area contributed by atoms with Crippen LogP contribution in [0.1, 0.15) is 43.2 Å². The van der Waals surface area contributed by atoms with E-state index in [9.17, 15) is 13.2 Å². The number of hydrogen-bond donors (Lipinski definition) is 0. The second-order valence-electron chi connectivity index (χ2n) is 7.15. The van der Waals surface area contributed by atoms with E-state index in [-0.39, 0.29) is 17.8 Å². The Labute approximate surface area is 161 Å². The number of piperidine rings is 1. The van der Waals surface area contributed by atoms with Gasteiger partial charge < -0.3 is 4.52 Å². The molecule has 2 atom stereocenters. The van der Waals surface area contributed by atoms with Crippen molar-refractivity contribution in [1.82, 2.24) is 15.0 Å². The van der Waals surface area contributed by atoms with Crippen LogP contribution in [0.2, 0.25) is 0 Å². The summed E-state index contributed by atoms with van der Waals surface area (Å²) in [5, 5.41) is 3.99. The first-order valence-electron chi connectivity index (χ1n) is 9.30. The molecule has 1 aromatic heterocycles. The SMILES string of the molecule is CC(c1ccc(F)c(F)c1)N1CCCC(c2nc(-c3cccc(F)c3)no2)C1. The summed E-state index contributed by atoms with van der Waals surface area (Å²) < 4.78 is 45.7.